The minimum absolute atomic E-state index is 0.176. The van der Waals surface area contributed by atoms with Crippen LogP contribution in [0.25, 0.3) is 0 Å². The molecule has 0 spiro atoms. The van der Waals surface area contributed by atoms with Gasteiger partial charge in [0.15, 0.2) is 0 Å². The van der Waals surface area contributed by atoms with Gasteiger partial charge in [0.05, 0.1) is 11.0 Å². The van der Waals surface area contributed by atoms with Crippen LogP contribution in [0.1, 0.15) is 5.56 Å². The average Bonchev–Trinajstić information content (AvgIpc) is 2.76. The highest BCUT2D eigenvalue weighted by Gasteiger charge is 2.32. The van der Waals surface area contributed by atoms with Gasteiger partial charge in [0, 0.05) is 20.2 Å². The van der Waals surface area contributed by atoms with Crippen LogP contribution in [0.4, 0.5) is 0 Å². The molecule has 0 saturated carbocycles. The van der Waals surface area contributed by atoms with Gasteiger partial charge in [-0.05, 0) is 19.1 Å². The molecule has 0 aliphatic carbocycles. The fraction of sp³-hybridized carbons (Fsp3) is 0.500. The van der Waals surface area contributed by atoms with Crippen molar-refractivity contribution in [2.24, 2.45) is 0 Å². The molecule has 0 amide bonds. The average molecular weight is 271 g/mol. The van der Waals surface area contributed by atoms with Gasteiger partial charge in [-0.2, -0.15) is 8.42 Å². The number of hydrogen-bond donors (Lipinski definition) is 1. The Morgan fingerprint density at radius 2 is 1.78 bits per heavy atom. The number of aryl methyl sites for hydroxylation is 1. The quantitative estimate of drug-likeness (QED) is 0.816. The highest BCUT2D eigenvalue weighted by Crippen LogP contribution is 2.18. The minimum atomic E-state index is -3.72. The van der Waals surface area contributed by atoms with Crippen molar-refractivity contribution in [2.75, 3.05) is 20.2 Å². The van der Waals surface area contributed by atoms with E-state index in [0.717, 1.165) is 5.56 Å². The molecule has 100 valence electrons. The molecular weight excluding hydrogens is 254 g/mol. The maximum atomic E-state index is 12.1. The first-order valence-electron chi connectivity index (χ1n) is 5.76. The Morgan fingerprint density at radius 1 is 1.17 bits per heavy atom. The molecule has 0 unspecified atom stereocenters. The third-order valence-corrected chi connectivity index (χ3v) is 4.32. The fourth-order valence-electron chi connectivity index (χ4n) is 1.89. The Labute approximate surface area is 107 Å². The van der Waals surface area contributed by atoms with Crippen LogP contribution in [0, 0.1) is 6.92 Å². The summed E-state index contributed by atoms with van der Waals surface area (Å²) in [6.07, 6.45) is -0.702. The summed E-state index contributed by atoms with van der Waals surface area (Å²) in [4.78, 5) is 0.176. The number of benzene rings is 1. The second kappa shape index (κ2) is 5.36. The van der Waals surface area contributed by atoms with Crippen LogP contribution in [0.2, 0.25) is 0 Å². The van der Waals surface area contributed by atoms with Crippen LogP contribution in [-0.4, -0.2) is 40.8 Å². The van der Waals surface area contributed by atoms with Crippen LogP contribution >= 0.6 is 0 Å². The molecule has 6 heteroatoms. The Kier molecular flexibility index (Phi) is 4.01. The Hall–Kier alpha value is -0.950. The van der Waals surface area contributed by atoms with Gasteiger partial charge in [-0.1, -0.05) is 17.7 Å². The van der Waals surface area contributed by atoms with Crippen LogP contribution in [0.3, 0.4) is 0 Å². The zero-order valence-corrected chi connectivity index (χ0v) is 11.2. The van der Waals surface area contributed by atoms with Gasteiger partial charge in [-0.25, -0.2) is 0 Å². The number of ether oxygens (including phenoxy) is 1. The van der Waals surface area contributed by atoms with E-state index in [-0.39, 0.29) is 11.0 Å². The lowest BCUT2D eigenvalue weighted by atomic mass is 10.2. The van der Waals surface area contributed by atoms with Crippen LogP contribution < -0.4 is 5.32 Å². The molecular formula is C12H17NO4S. The topological polar surface area (TPSA) is 64.6 Å². The Balaban J connectivity index is 2.14. The first-order chi connectivity index (χ1) is 8.53. The molecule has 5 nitrogen and oxygen atoms in total. The van der Waals surface area contributed by atoms with E-state index in [1.54, 1.807) is 31.4 Å². The van der Waals surface area contributed by atoms with E-state index >= 15 is 0 Å². The monoisotopic (exact) mass is 271 g/mol. The van der Waals surface area contributed by atoms with Gasteiger partial charge in [0.25, 0.3) is 10.1 Å². The van der Waals surface area contributed by atoms with Crippen molar-refractivity contribution < 1.29 is 17.3 Å². The summed E-state index contributed by atoms with van der Waals surface area (Å²) >= 11 is 0. The highest BCUT2D eigenvalue weighted by atomic mass is 32.2. The van der Waals surface area contributed by atoms with Crippen molar-refractivity contribution in [1.29, 1.82) is 0 Å². The van der Waals surface area contributed by atoms with Gasteiger partial charge in [0.2, 0.25) is 0 Å². The number of nitrogens with one attached hydrogen (secondary N) is 1. The fourth-order valence-corrected chi connectivity index (χ4v) is 2.98. The minimum Gasteiger partial charge on any atom is -0.377 e. The van der Waals surface area contributed by atoms with Gasteiger partial charge in [-0.15, -0.1) is 0 Å². The van der Waals surface area contributed by atoms with Crippen LogP contribution in [0.15, 0.2) is 29.2 Å². The van der Waals surface area contributed by atoms with E-state index in [4.69, 9.17) is 8.92 Å². The van der Waals surface area contributed by atoms with E-state index in [1.165, 1.54) is 0 Å². The molecule has 1 fully saturated rings. The third-order valence-electron chi connectivity index (χ3n) is 2.97. The van der Waals surface area contributed by atoms with Crippen molar-refractivity contribution >= 4 is 10.1 Å². The maximum Gasteiger partial charge on any atom is 0.297 e. The van der Waals surface area contributed by atoms with E-state index < -0.39 is 16.2 Å². The molecule has 18 heavy (non-hydrogen) atoms. The zero-order valence-electron chi connectivity index (χ0n) is 10.4. The Bertz CT molecular complexity index is 497. The van der Waals surface area contributed by atoms with Crippen LogP contribution in [-0.2, 0) is 19.0 Å². The van der Waals surface area contributed by atoms with Crippen molar-refractivity contribution in [3.8, 4) is 0 Å². The summed E-state index contributed by atoms with van der Waals surface area (Å²) in [6.45, 7) is 2.98. The SMILES string of the molecule is CO[C@H]1CNC[C@@H]1OS(=O)(=O)c1ccc(C)cc1. The van der Waals surface area contributed by atoms with Crippen molar-refractivity contribution in [1.82, 2.24) is 5.32 Å². The summed E-state index contributed by atoms with van der Waals surface area (Å²) in [5, 5.41) is 3.04. The second-order valence-corrected chi connectivity index (χ2v) is 5.91. The molecule has 1 aliphatic heterocycles. The van der Waals surface area contributed by atoms with Gasteiger partial charge in [-0.3, -0.25) is 4.18 Å². The number of methoxy groups -OCH3 is 1. The predicted molar refractivity (Wildman–Crippen MR) is 66.9 cm³/mol. The van der Waals surface area contributed by atoms with E-state index in [1.807, 2.05) is 6.92 Å². The largest absolute Gasteiger partial charge is 0.377 e. The summed E-state index contributed by atoms with van der Waals surface area (Å²) in [5.41, 5.74) is 1.01. The standard InChI is InChI=1S/C12H17NO4S/c1-9-3-5-10(6-4-9)18(14,15)17-12-8-13-7-11(12)16-2/h3-6,11-13H,7-8H2,1-2H3/t11-,12-/m0/s1. The Morgan fingerprint density at radius 3 is 2.39 bits per heavy atom. The highest BCUT2D eigenvalue weighted by molar-refractivity contribution is 7.86. The zero-order chi connectivity index (χ0) is 13.2. The lowest BCUT2D eigenvalue weighted by molar-refractivity contribution is 0.0377. The van der Waals surface area contributed by atoms with Gasteiger partial charge < -0.3 is 10.1 Å². The lowest BCUT2D eigenvalue weighted by Crippen LogP contribution is -2.31. The van der Waals surface area contributed by atoms with Gasteiger partial charge in [0.1, 0.15) is 6.10 Å². The second-order valence-electron chi connectivity index (χ2n) is 4.33. The van der Waals surface area contributed by atoms with Crippen molar-refractivity contribution in [3.05, 3.63) is 29.8 Å². The molecule has 0 aromatic heterocycles. The lowest BCUT2D eigenvalue weighted by Gasteiger charge is -2.17. The van der Waals surface area contributed by atoms with E-state index in [0.29, 0.717) is 13.1 Å². The molecule has 0 radical (unpaired) electrons. The predicted octanol–water partition coefficient (Wildman–Crippen LogP) is 0.687. The maximum absolute atomic E-state index is 12.1. The first kappa shape index (κ1) is 13.5. The van der Waals surface area contributed by atoms with Crippen molar-refractivity contribution in [3.63, 3.8) is 0 Å². The summed E-state index contributed by atoms with van der Waals surface area (Å²) in [7, 11) is -2.18. The molecule has 1 aromatic rings. The van der Waals surface area contributed by atoms with E-state index in [2.05, 4.69) is 5.32 Å². The molecule has 1 heterocycles. The number of hydrogen-bond acceptors (Lipinski definition) is 5. The molecule has 1 aliphatic rings. The molecule has 0 bridgehead atoms. The molecule has 2 rings (SSSR count). The number of rotatable bonds is 4. The van der Waals surface area contributed by atoms with Gasteiger partial charge >= 0.3 is 0 Å². The van der Waals surface area contributed by atoms with Crippen LogP contribution in [0.5, 0.6) is 0 Å². The first-order valence-corrected chi connectivity index (χ1v) is 7.17. The molecule has 1 saturated heterocycles. The smallest absolute Gasteiger partial charge is 0.297 e. The molecule has 1 aromatic carbocycles. The summed E-state index contributed by atoms with van der Waals surface area (Å²) < 4.78 is 34.5. The summed E-state index contributed by atoms with van der Waals surface area (Å²) in [5.74, 6) is 0. The summed E-state index contributed by atoms with van der Waals surface area (Å²) in [6, 6.07) is 6.59. The third kappa shape index (κ3) is 2.89. The molecule has 1 N–H and O–H groups in total. The van der Waals surface area contributed by atoms with Crippen molar-refractivity contribution in [2.45, 2.75) is 24.0 Å². The molecule has 2 atom stereocenters. The van der Waals surface area contributed by atoms with E-state index in [9.17, 15) is 8.42 Å². The normalized spacial score (nSPS) is 24.3.